The fourth-order valence-electron chi connectivity index (χ4n) is 4.44. The summed E-state index contributed by atoms with van der Waals surface area (Å²) < 4.78 is 18.6. The summed E-state index contributed by atoms with van der Waals surface area (Å²) in [6, 6.07) is 12.6. The van der Waals surface area contributed by atoms with Crippen molar-refractivity contribution < 1.29 is 18.4 Å². The van der Waals surface area contributed by atoms with Gasteiger partial charge in [-0.1, -0.05) is 11.6 Å². The third kappa shape index (κ3) is 6.51. The third-order valence-corrected chi connectivity index (χ3v) is 6.62. The average molecular weight is 506 g/mol. The first kappa shape index (κ1) is 26.3. The standard InChI is InChI=1S/C29H32FN3O4/c1-20(2)10-13-33(24-8-9-25-21(3)18-28(35)37-26(25)19-24)27(34)11-12-31-14-16-32(17-15-31)29(36)22-4-6-23(30)7-5-22/h4-10,18-19H,11-17H2,1-3H3. The van der Waals surface area contributed by atoms with Crippen molar-refractivity contribution in [3.63, 3.8) is 0 Å². The number of benzene rings is 2. The molecular formula is C29H32FN3O4. The fourth-order valence-corrected chi connectivity index (χ4v) is 4.44. The van der Waals surface area contributed by atoms with Crippen LogP contribution < -0.4 is 10.5 Å². The second kappa shape index (κ2) is 11.5. The van der Waals surface area contributed by atoms with Gasteiger partial charge >= 0.3 is 5.63 Å². The Morgan fingerprint density at radius 2 is 1.73 bits per heavy atom. The van der Waals surface area contributed by atoms with Gasteiger partial charge in [-0.05, 0) is 62.7 Å². The zero-order valence-corrected chi connectivity index (χ0v) is 21.5. The Kier molecular flexibility index (Phi) is 8.18. The number of amides is 2. The van der Waals surface area contributed by atoms with E-state index in [4.69, 9.17) is 4.42 Å². The van der Waals surface area contributed by atoms with Gasteiger partial charge in [0.15, 0.2) is 0 Å². The summed E-state index contributed by atoms with van der Waals surface area (Å²) in [6.07, 6.45) is 2.31. The topological polar surface area (TPSA) is 74.1 Å². The highest BCUT2D eigenvalue weighted by Crippen LogP contribution is 2.24. The predicted molar refractivity (Wildman–Crippen MR) is 142 cm³/mol. The van der Waals surface area contributed by atoms with Gasteiger partial charge in [-0.2, -0.15) is 0 Å². The van der Waals surface area contributed by atoms with Gasteiger partial charge in [-0.15, -0.1) is 0 Å². The Hall–Kier alpha value is -3.78. The molecule has 0 bridgehead atoms. The van der Waals surface area contributed by atoms with Crippen LogP contribution in [0.4, 0.5) is 10.1 Å². The largest absolute Gasteiger partial charge is 0.423 e. The van der Waals surface area contributed by atoms with E-state index in [1.807, 2.05) is 39.0 Å². The summed E-state index contributed by atoms with van der Waals surface area (Å²) in [5, 5.41) is 0.839. The maximum atomic E-state index is 13.3. The van der Waals surface area contributed by atoms with Gasteiger partial charge in [0.1, 0.15) is 11.4 Å². The van der Waals surface area contributed by atoms with Crippen LogP contribution in [0.1, 0.15) is 36.2 Å². The minimum atomic E-state index is -0.415. The van der Waals surface area contributed by atoms with E-state index < -0.39 is 5.63 Å². The Morgan fingerprint density at radius 1 is 1.03 bits per heavy atom. The molecule has 2 amide bonds. The Balaban J connectivity index is 1.40. The first-order valence-electron chi connectivity index (χ1n) is 12.5. The van der Waals surface area contributed by atoms with Crippen LogP contribution in [0.25, 0.3) is 11.0 Å². The van der Waals surface area contributed by atoms with Crippen LogP contribution in [0.15, 0.2) is 69.4 Å². The van der Waals surface area contributed by atoms with Crippen molar-refractivity contribution in [3.05, 3.63) is 87.5 Å². The molecule has 1 fully saturated rings. The minimum absolute atomic E-state index is 0.0309. The van der Waals surface area contributed by atoms with Crippen LogP contribution in [-0.4, -0.2) is 60.9 Å². The van der Waals surface area contributed by atoms with Gasteiger partial charge in [-0.25, -0.2) is 9.18 Å². The highest BCUT2D eigenvalue weighted by molar-refractivity contribution is 5.96. The number of anilines is 1. The zero-order valence-electron chi connectivity index (χ0n) is 21.5. The second-order valence-electron chi connectivity index (χ2n) is 9.61. The average Bonchev–Trinajstić information content (AvgIpc) is 2.87. The fraction of sp³-hybridized carbons (Fsp3) is 0.345. The zero-order chi connectivity index (χ0) is 26.5. The lowest BCUT2D eigenvalue weighted by Crippen LogP contribution is -2.49. The van der Waals surface area contributed by atoms with Crippen LogP contribution in [0.5, 0.6) is 0 Å². The minimum Gasteiger partial charge on any atom is -0.423 e. The number of hydrogen-bond donors (Lipinski definition) is 0. The molecule has 0 aliphatic carbocycles. The number of hydrogen-bond acceptors (Lipinski definition) is 5. The van der Waals surface area contributed by atoms with Crippen LogP contribution in [0.3, 0.4) is 0 Å². The molecule has 8 heteroatoms. The highest BCUT2D eigenvalue weighted by atomic mass is 19.1. The van der Waals surface area contributed by atoms with Gasteiger partial charge in [0.05, 0.1) is 0 Å². The summed E-state index contributed by atoms with van der Waals surface area (Å²) >= 11 is 0. The number of carbonyl (C=O) groups excluding carboxylic acids is 2. The Labute approximate surface area is 215 Å². The van der Waals surface area contributed by atoms with E-state index in [2.05, 4.69) is 4.90 Å². The molecule has 0 unspecified atom stereocenters. The number of rotatable bonds is 7. The smallest absolute Gasteiger partial charge is 0.336 e. The van der Waals surface area contributed by atoms with E-state index in [1.165, 1.54) is 30.3 Å². The number of piperazine rings is 1. The van der Waals surface area contributed by atoms with Gasteiger partial charge in [0, 0.05) is 74.5 Å². The normalized spacial score (nSPS) is 14.0. The SMILES string of the molecule is CC(C)=CCN(C(=O)CCN1CCN(C(=O)c2ccc(F)cc2)CC1)c1ccc2c(C)cc(=O)oc2c1. The number of nitrogens with zero attached hydrogens (tertiary/aromatic N) is 3. The van der Waals surface area contributed by atoms with Crippen LogP contribution in [-0.2, 0) is 4.79 Å². The number of carbonyl (C=O) groups is 2. The molecule has 37 heavy (non-hydrogen) atoms. The molecular weight excluding hydrogens is 473 g/mol. The summed E-state index contributed by atoms with van der Waals surface area (Å²) in [5.74, 6) is -0.508. The molecule has 1 aliphatic rings. The van der Waals surface area contributed by atoms with Crippen molar-refractivity contribution in [3.8, 4) is 0 Å². The number of allylic oxidation sites excluding steroid dienone is 1. The second-order valence-corrected chi connectivity index (χ2v) is 9.61. The molecule has 7 nitrogen and oxygen atoms in total. The van der Waals surface area contributed by atoms with E-state index in [-0.39, 0.29) is 17.6 Å². The summed E-state index contributed by atoms with van der Waals surface area (Å²) in [7, 11) is 0. The van der Waals surface area contributed by atoms with Crippen LogP contribution in [0.2, 0.25) is 0 Å². The molecule has 0 atom stereocenters. The van der Waals surface area contributed by atoms with E-state index in [9.17, 15) is 18.8 Å². The number of halogens is 1. The Bertz CT molecular complexity index is 1370. The van der Waals surface area contributed by atoms with Crippen molar-refractivity contribution in [1.29, 1.82) is 0 Å². The molecule has 0 N–H and O–H groups in total. The van der Waals surface area contributed by atoms with E-state index in [0.717, 1.165) is 16.5 Å². The van der Waals surface area contributed by atoms with Crippen molar-refractivity contribution >= 4 is 28.5 Å². The van der Waals surface area contributed by atoms with E-state index in [1.54, 1.807) is 15.9 Å². The van der Waals surface area contributed by atoms with Gasteiger partial charge in [0.25, 0.3) is 5.91 Å². The molecule has 2 aromatic carbocycles. The summed E-state index contributed by atoms with van der Waals surface area (Å²) in [5.41, 5.74) is 3.13. The lowest BCUT2D eigenvalue weighted by Gasteiger charge is -2.35. The maximum Gasteiger partial charge on any atom is 0.336 e. The summed E-state index contributed by atoms with van der Waals surface area (Å²) in [4.78, 5) is 43.5. The molecule has 0 saturated carbocycles. The van der Waals surface area contributed by atoms with Crippen LogP contribution >= 0.6 is 0 Å². The van der Waals surface area contributed by atoms with Crippen molar-refractivity contribution in [2.24, 2.45) is 0 Å². The van der Waals surface area contributed by atoms with Gasteiger partial charge in [-0.3, -0.25) is 14.5 Å². The van der Waals surface area contributed by atoms with Crippen molar-refractivity contribution in [1.82, 2.24) is 9.80 Å². The number of aryl methyl sites for hydroxylation is 1. The highest BCUT2D eigenvalue weighted by Gasteiger charge is 2.23. The molecule has 0 spiro atoms. The molecule has 1 saturated heterocycles. The van der Waals surface area contributed by atoms with Crippen molar-refractivity contribution in [2.45, 2.75) is 27.2 Å². The van der Waals surface area contributed by atoms with Crippen LogP contribution in [0, 0.1) is 12.7 Å². The molecule has 1 aliphatic heterocycles. The molecule has 194 valence electrons. The number of fused-ring (bicyclic) bond motifs is 1. The molecule has 1 aromatic heterocycles. The molecule has 0 radical (unpaired) electrons. The summed E-state index contributed by atoms with van der Waals surface area (Å²) in [6.45, 7) is 9.24. The lowest BCUT2D eigenvalue weighted by molar-refractivity contribution is -0.118. The molecule has 3 aromatic rings. The van der Waals surface area contributed by atoms with E-state index in [0.29, 0.717) is 62.5 Å². The quantitative estimate of drug-likeness (QED) is 0.352. The lowest BCUT2D eigenvalue weighted by atomic mass is 10.1. The first-order chi connectivity index (χ1) is 17.7. The third-order valence-electron chi connectivity index (χ3n) is 6.62. The maximum absolute atomic E-state index is 13.3. The Morgan fingerprint density at radius 3 is 2.41 bits per heavy atom. The predicted octanol–water partition coefficient (Wildman–Crippen LogP) is 4.39. The first-order valence-corrected chi connectivity index (χ1v) is 12.5. The molecule has 2 heterocycles. The van der Waals surface area contributed by atoms with Crippen molar-refractivity contribution in [2.75, 3.05) is 44.2 Å². The van der Waals surface area contributed by atoms with E-state index >= 15 is 0 Å². The molecule has 4 rings (SSSR count). The van der Waals surface area contributed by atoms with Gasteiger partial charge in [0.2, 0.25) is 5.91 Å². The monoisotopic (exact) mass is 505 g/mol. The van der Waals surface area contributed by atoms with Gasteiger partial charge < -0.3 is 14.2 Å².